The molecule has 10 heavy (non-hydrogen) atoms. The van der Waals surface area contributed by atoms with Crippen LogP contribution in [-0.2, 0) is 0 Å². The molecule has 0 fully saturated rings. The molecule has 0 saturated heterocycles. The molecule has 0 aromatic carbocycles. The minimum absolute atomic E-state index is 0.861. The molecule has 0 unspecified atom stereocenters. The molecule has 0 nitrogen and oxygen atoms in total. The average molecular weight is 133 g/mol. The van der Waals surface area contributed by atoms with Crippen molar-refractivity contribution in [2.75, 3.05) is 0 Å². The molecule has 0 rings (SSSR count). The largest absolute Gasteiger partial charge is 0.120 e. The molecular weight excluding hydrogens is 120 g/mol. The lowest BCUT2D eigenvalue weighted by Gasteiger charge is -1.90. The van der Waals surface area contributed by atoms with Crippen LogP contribution in [0.3, 0.4) is 0 Å². The van der Waals surface area contributed by atoms with Gasteiger partial charge in [-0.2, -0.15) is 0 Å². The maximum Gasteiger partial charge on any atom is 0.00913 e. The smallest absolute Gasteiger partial charge is 0.00913 e. The van der Waals surface area contributed by atoms with Crippen molar-refractivity contribution in [3.8, 4) is 24.2 Å². The standard InChI is InChI=1S/C10H13/c1-3-5-7-9-10-8-6-4-2/h1,9H,5,7-8,10H2,2H3. The van der Waals surface area contributed by atoms with Gasteiger partial charge in [0.2, 0.25) is 0 Å². The van der Waals surface area contributed by atoms with Gasteiger partial charge < -0.3 is 0 Å². The summed E-state index contributed by atoms with van der Waals surface area (Å²) in [7, 11) is 0. The molecule has 0 spiro atoms. The minimum atomic E-state index is 0.861. The monoisotopic (exact) mass is 133 g/mol. The molecule has 0 heterocycles. The Balaban J connectivity index is 2.90. The third-order valence-corrected chi connectivity index (χ3v) is 1.14. The summed E-state index contributed by atoms with van der Waals surface area (Å²) >= 11 is 0. The highest BCUT2D eigenvalue weighted by Crippen LogP contribution is 1.99. The molecule has 0 heteroatoms. The third-order valence-electron chi connectivity index (χ3n) is 1.14. The van der Waals surface area contributed by atoms with E-state index in [4.69, 9.17) is 6.42 Å². The Labute approximate surface area is 64.0 Å². The van der Waals surface area contributed by atoms with Crippen molar-refractivity contribution in [3.63, 3.8) is 0 Å². The fraction of sp³-hybridized carbons (Fsp3) is 0.500. The van der Waals surface area contributed by atoms with Crippen molar-refractivity contribution in [2.45, 2.75) is 32.6 Å². The van der Waals surface area contributed by atoms with Crippen LogP contribution in [0, 0.1) is 30.6 Å². The van der Waals surface area contributed by atoms with Crippen LogP contribution in [0.4, 0.5) is 0 Å². The van der Waals surface area contributed by atoms with Gasteiger partial charge in [0.05, 0.1) is 0 Å². The summed E-state index contributed by atoms with van der Waals surface area (Å²) in [6, 6.07) is 0. The second-order valence-electron chi connectivity index (χ2n) is 2.00. The Morgan fingerprint density at radius 2 is 2.00 bits per heavy atom. The first-order valence-corrected chi connectivity index (χ1v) is 3.56. The Hall–Kier alpha value is -0.880. The molecule has 1 radical (unpaired) electrons. The van der Waals surface area contributed by atoms with E-state index < -0.39 is 0 Å². The highest BCUT2D eigenvalue weighted by molar-refractivity contribution is 4.96. The zero-order valence-electron chi connectivity index (χ0n) is 6.48. The van der Waals surface area contributed by atoms with E-state index in [1.165, 1.54) is 0 Å². The lowest BCUT2D eigenvalue weighted by Crippen LogP contribution is -1.75. The topological polar surface area (TPSA) is 0 Å². The first kappa shape index (κ1) is 9.12. The van der Waals surface area contributed by atoms with Crippen molar-refractivity contribution >= 4 is 0 Å². The zero-order valence-corrected chi connectivity index (χ0v) is 6.48. The van der Waals surface area contributed by atoms with Crippen LogP contribution in [0.5, 0.6) is 0 Å². The third kappa shape index (κ3) is 7.12. The summed E-state index contributed by atoms with van der Waals surface area (Å²) in [6.45, 7) is 1.86. The van der Waals surface area contributed by atoms with Crippen LogP contribution in [0.2, 0.25) is 0 Å². The fourth-order valence-corrected chi connectivity index (χ4v) is 0.629. The number of rotatable bonds is 4. The van der Waals surface area contributed by atoms with Crippen molar-refractivity contribution in [2.24, 2.45) is 0 Å². The van der Waals surface area contributed by atoms with Crippen LogP contribution in [0.25, 0.3) is 0 Å². The van der Waals surface area contributed by atoms with Crippen LogP contribution in [0.1, 0.15) is 32.6 Å². The Kier molecular flexibility index (Phi) is 7.41. The van der Waals surface area contributed by atoms with Gasteiger partial charge in [-0.25, -0.2) is 0 Å². The summed E-state index contributed by atoms with van der Waals surface area (Å²) < 4.78 is 0. The van der Waals surface area contributed by atoms with E-state index >= 15 is 0 Å². The molecule has 0 aliphatic carbocycles. The van der Waals surface area contributed by atoms with E-state index in [2.05, 4.69) is 24.2 Å². The number of hydrogen-bond acceptors (Lipinski definition) is 0. The van der Waals surface area contributed by atoms with Gasteiger partial charge in [-0.05, 0) is 26.2 Å². The SMILES string of the molecule is C#CCC[CH]CCC#CC. The predicted molar refractivity (Wildman–Crippen MR) is 45.1 cm³/mol. The molecule has 0 aromatic rings. The summed E-state index contributed by atoms with van der Waals surface area (Å²) in [6.07, 6.45) is 11.2. The Bertz CT molecular complexity index is 149. The number of terminal acetylenes is 1. The highest BCUT2D eigenvalue weighted by Gasteiger charge is 1.84. The van der Waals surface area contributed by atoms with Gasteiger partial charge in [0, 0.05) is 12.8 Å². The molecule has 0 atom stereocenters. The van der Waals surface area contributed by atoms with E-state index in [-0.39, 0.29) is 0 Å². The van der Waals surface area contributed by atoms with Gasteiger partial charge in [0.15, 0.2) is 0 Å². The van der Waals surface area contributed by atoms with Gasteiger partial charge in [0.25, 0.3) is 0 Å². The first-order chi connectivity index (χ1) is 4.91. The average Bonchev–Trinajstić information content (AvgIpc) is 1.97. The molecule has 0 saturated carbocycles. The van der Waals surface area contributed by atoms with Crippen molar-refractivity contribution in [1.82, 2.24) is 0 Å². The van der Waals surface area contributed by atoms with Crippen molar-refractivity contribution < 1.29 is 0 Å². The van der Waals surface area contributed by atoms with Crippen LogP contribution in [0.15, 0.2) is 0 Å². The predicted octanol–water partition coefficient (Wildman–Crippen LogP) is 2.41. The van der Waals surface area contributed by atoms with Crippen LogP contribution in [-0.4, -0.2) is 0 Å². The normalized spacial score (nSPS) is 7.60. The van der Waals surface area contributed by atoms with Crippen molar-refractivity contribution in [1.29, 1.82) is 0 Å². The van der Waals surface area contributed by atoms with Crippen LogP contribution < -0.4 is 0 Å². The van der Waals surface area contributed by atoms with E-state index in [0.29, 0.717) is 0 Å². The molecule has 53 valence electrons. The molecular formula is C10H13. The summed E-state index contributed by atoms with van der Waals surface area (Å²) in [5.41, 5.74) is 0. The highest BCUT2D eigenvalue weighted by atomic mass is 13.9. The van der Waals surface area contributed by atoms with E-state index in [0.717, 1.165) is 25.7 Å². The second kappa shape index (κ2) is 8.12. The molecule has 0 amide bonds. The van der Waals surface area contributed by atoms with Gasteiger partial charge >= 0.3 is 0 Å². The maximum absolute atomic E-state index is 5.07. The summed E-state index contributed by atoms with van der Waals surface area (Å²) in [4.78, 5) is 0. The minimum Gasteiger partial charge on any atom is -0.120 e. The molecule has 0 N–H and O–H groups in total. The first-order valence-electron chi connectivity index (χ1n) is 3.56. The van der Waals surface area contributed by atoms with Crippen molar-refractivity contribution in [3.05, 3.63) is 6.42 Å². The summed E-state index contributed by atoms with van der Waals surface area (Å²) in [5.74, 6) is 8.43. The van der Waals surface area contributed by atoms with E-state index in [9.17, 15) is 0 Å². The maximum atomic E-state index is 5.07. The fourth-order valence-electron chi connectivity index (χ4n) is 0.629. The number of hydrogen-bond donors (Lipinski definition) is 0. The molecule has 0 aromatic heterocycles. The Morgan fingerprint density at radius 1 is 1.30 bits per heavy atom. The van der Waals surface area contributed by atoms with Crippen LogP contribution >= 0.6 is 0 Å². The second-order valence-corrected chi connectivity index (χ2v) is 2.00. The Morgan fingerprint density at radius 3 is 2.60 bits per heavy atom. The quantitative estimate of drug-likeness (QED) is 0.408. The molecule has 0 aliphatic heterocycles. The lowest BCUT2D eigenvalue weighted by atomic mass is 10.1. The summed E-state index contributed by atoms with van der Waals surface area (Å²) in [5, 5.41) is 0. The van der Waals surface area contributed by atoms with Gasteiger partial charge in [-0.1, -0.05) is 0 Å². The number of unbranched alkanes of at least 4 members (excludes halogenated alkanes) is 4. The van der Waals surface area contributed by atoms with E-state index in [1.807, 2.05) is 6.92 Å². The van der Waals surface area contributed by atoms with Gasteiger partial charge in [0.1, 0.15) is 0 Å². The lowest BCUT2D eigenvalue weighted by molar-refractivity contribution is 0.877. The molecule has 0 bridgehead atoms. The van der Waals surface area contributed by atoms with Gasteiger partial charge in [-0.3, -0.25) is 0 Å². The zero-order chi connectivity index (χ0) is 7.66. The molecule has 0 aliphatic rings. The van der Waals surface area contributed by atoms with Gasteiger partial charge in [-0.15, -0.1) is 24.2 Å². The van der Waals surface area contributed by atoms with E-state index in [1.54, 1.807) is 0 Å².